The minimum Gasteiger partial charge on any atom is -0.374 e. The maximum atomic E-state index is 12.8. The van der Waals surface area contributed by atoms with Crippen LogP contribution in [-0.2, 0) is 4.74 Å². The standard InChI is InChI=1S/C12H23FN2O/c1-9(2)14-4-5-16-12(8-14)10(3)15-6-11(13)7-15/h9-12H,4-8H2,1-3H3/t10-,12-/m1/s1. The lowest BCUT2D eigenvalue weighted by atomic mass is 10.0. The van der Waals surface area contributed by atoms with Crippen LogP contribution in [0.25, 0.3) is 0 Å². The molecule has 0 aromatic rings. The molecule has 0 unspecified atom stereocenters. The van der Waals surface area contributed by atoms with Crippen molar-refractivity contribution in [3.63, 3.8) is 0 Å². The molecule has 0 spiro atoms. The summed E-state index contributed by atoms with van der Waals surface area (Å²) in [4.78, 5) is 4.62. The van der Waals surface area contributed by atoms with Gasteiger partial charge in [-0.1, -0.05) is 0 Å². The fourth-order valence-corrected chi connectivity index (χ4v) is 2.48. The zero-order chi connectivity index (χ0) is 11.7. The molecule has 2 atom stereocenters. The molecule has 2 saturated heterocycles. The molecule has 2 heterocycles. The first-order chi connectivity index (χ1) is 7.58. The molecule has 2 aliphatic heterocycles. The summed E-state index contributed by atoms with van der Waals surface area (Å²) < 4.78 is 18.6. The fourth-order valence-electron chi connectivity index (χ4n) is 2.48. The SMILES string of the molecule is CC(C)N1CCO[C@@H]([C@@H](C)N2CC(F)C2)C1. The quantitative estimate of drug-likeness (QED) is 0.723. The van der Waals surface area contributed by atoms with Crippen LogP contribution in [0.1, 0.15) is 20.8 Å². The fraction of sp³-hybridized carbons (Fsp3) is 1.00. The van der Waals surface area contributed by atoms with Crippen LogP contribution in [0.15, 0.2) is 0 Å². The van der Waals surface area contributed by atoms with Crippen LogP contribution in [0.2, 0.25) is 0 Å². The van der Waals surface area contributed by atoms with Crippen LogP contribution in [0.3, 0.4) is 0 Å². The van der Waals surface area contributed by atoms with Crippen molar-refractivity contribution in [2.24, 2.45) is 0 Å². The van der Waals surface area contributed by atoms with Gasteiger partial charge in [0.1, 0.15) is 6.17 Å². The molecule has 0 radical (unpaired) electrons. The Morgan fingerprint density at radius 2 is 1.81 bits per heavy atom. The number of morpholine rings is 1. The Labute approximate surface area is 97.5 Å². The Morgan fingerprint density at radius 1 is 1.12 bits per heavy atom. The second-order valence-corrected chi connectivity index (χ2v) is 5.29. The van der Waals surface area contributed by atoms with Crippen molar-refractivity contribution in [1.29, 1.82) is 0 Å². The molecule has 0 amide bonds. The van der Waals surface area contributed by atoms with Crippen LogP contribution >= 0.6 is 0 Å². The summed E-state index contributed by atoms with van der Waals surface area (Å²) in [6, 6.07) is 0.914. The first-order valence-corrected chi connectivity index (χ1v) is 6.31. The van der Waals surface area contributed by atoms with E-state index in [-0.39, 0.29) is 6.10 Å². The number of hydrogen-bond acceptors (Lipinski definition) is 3. The molecule has 2 rings (SSSR count). The maximum Gasteiger partial charge on any atom is 0.125 e. The third-order valence-electron chi connectivity index (χ3n) is 3.83. The third-order valence-corrected chi connectivity index (χ3v) is 3.83. The highest BCUT2D eigenvalue weighted by molar-refractivity contribution is 4.90. The molecule has 2 aliphatic rings. The summed E-state index contributed by atoms with van der Waals surface area (Å²) in [5, 5.41) is 0. The van der Waals surface area contributed by atoms with Crippen molar-refractivity contribution in [3.05, 3.63) is 0 Å². The van der Waals surface area contributed by atoms with E-state index in [2.05, 4.69) is 30.6 Å². The van der Waals surface area contributed by atoms with E-state index >= 15 is 0 Å². The average molecular weight is 230 g/mol. The topological polar surface area (TPSA) is 15.7 Å². The minimum atomic E-state index is -0.618. The van der Waals surface area contributed by atoms with Crippen LogP contribution in [0.4, 0.5) is 4.39 Å². The van der Waals surface area contributed by atoms with Crippen LogP contribution in [0, 0.1) is 0 Å². The van der Waals surface area contributed by atoms with Gasteiger partial charge in [0.2, 0.25) is 0 Å². The number of rotatable bonds is 3. The van der Waals surface area contributed by atoms with Crippen molar-refractivity contribution in [3.8, 4) is 0 Å². The Morgan fingerprint density at radius 3 is 2.38 bits per heavy atom. The van der Waals surface area contributed by atoms with Crippen molar-refractivity contribution in [2.45, 2.75) is 45.1 Å². The van der Waals surface area contributed by atoms with E-state index in [0.29, 0.717) is 25.2 Å². The second-order valence-electron chi connectivity index (χ2n) is 5.29. The lowest BCUT2D eigenvalue weighted by molar-refractivity contribution is -0.0964. The Balaban J connectivity index is 1.84. The smallest absolute Gasteiger partial charge is 0.125 e. The number of ether oxygens (including phenoxy) is 1. The zero-order valence-electron chi connectivity index (χ0n) is 10.5. The Kier molecular flexibility index (Phi) is 3.82. The van der Waals surface area contributed by atoms with E-state index in [0.717, 1.165) is 19.7 Å². The van der Waals surface area contributed by atoms with Crippen LogP contribution in [-0.4, -0.2) is 66.9 Å². The van der Waals surface area contributed by atoms with E-state index in [9.17, 15) is 4.39 Å². The van der Waals surface area contributed by atoms with Crippen molar-refractivity contribution < 1.29 is 9.13 Å². The Hall–Kier alpha value is -0.190. The van der Waals surface area contributed by atoms with Gasteiger partial charge >= 0.3 is 0 Å². The van der Waals surface area contributed by atoms with Gasteiger partial charge in [-0.3, -0.25) is 9.80 Å². The van der Waals surface area contributed by atoms with Gasteiger partial charge in [0.15, 0.2) is 0 Å². The van der Waals surface area contributed by atoms with Gasteiger partial charge in [-0.2, -0.15) is 0 Å². The first-order valence-electron chi connectivity index (χ1n) is 6.31. The monoisotopic (exact) mass is 230 g/mol. The highest BCUT2D eigenvalue weighted by Gasteiger charge is 2.36. The molecule has 0 N–H and O–H groups in total. The minimum absolute atomic E-state index is 0.239. The molecule has 0 aromatic carbocycles. The van der Waals surface area contributed by atoms with E-state index in [1.165, 1.54) is 0 Å². The highest BCUT2D eigenvalue weighted by atomic mass is 19.1. The molecule has 94 valence electrons. The Bertz CT molecular complexity index is 231. The molecular weight excluding hydrogens is 207 g/mol. The van der Waals surface area contributed by atoms with Gasteiger partial charge in [-0.15, -0.1) is 0 Å². The van der Waals surface area contributed by atoms with Crippen molar-refractivity contribution in [1.82, 2.24) is 9.80 Å². The van der Waals surface area contributed by atoms with Crippen molar-refractivity contribution >= 4 is 0 Å². The number of likely N-dealkylation sites (tertiary alicyclic amines) is 1. The maximum absolute atomic E-state index is 12.8. The first kappa shape index (κ1) is 12.3. The van der Waals surface area contributed by atoms with Gasteiger partial charge in [-0.05, 0) is 20.8 Å². The van der Waals surface area contributed by atoms with Gasteiger partial charge in [-0.25, -0.2) is 4.39 Å². The van der Waals surface area contributed by atoms with E-state index < -0.39 is 6.17 Å². The molecular formula is C12H23FN2O. The van der Waals surface area contributed by atoms with E-state index in [1.807, 2.05) is 0 Å². The third kappa shape index (κ3) is 2.55. The van der Waals surface area contributed by atoms with Crippen LogP contribution < -0.4 is 0 Å². The van der Waals surface area contributed by atoms with Gasteiger partial charge in [0, 0.05) is 38.3 Å². The normalized spacial score (nSPS) is 31.7. The molecule has 3 nitrogen and oxygen atoms in total. The molecule has 2 fully saturated rings. The summed E-state index contributed by atoms with van der Waals surface area (Å²) >= 11 is 0. The lowest BCUT2D eigenvalue weighted by Gasteiger charge is -2.45. The molecule has 4 heteroatoms. The van der Waals surface area contributed by atoms with Crippen LogP contribution in [0.5, 0.6) is 0 Å². The summed E-state index contributed by atoms with van der Waals surface area (Å²) in [5.41, 5.74) is 0. The molecule has 0 aromatic heterocycles. The summed E-state index contributed by atoms with van der Waals surface area (Å²) in [6.45, 7) is 10.6. The molecule has 0 aliphatic carbocycles. The molecule has 0 bridgehead atoms. The predicted octanol–water partition coefficient (Wildman–Crippen LogP) is 1.14. The summed E-state index contributed by atoms with van der Waals surface area (Å²) in [7, 11) is 0. The largest absolute Gasteiger partial charge is 0.374 e. The van der Waals surface area contributed by atoms with Crippen molar-refractivity contribution in [2.75, 3.05) is 32.8 Å². The van der Waals surface area contributed by atoms with Gasteiger partial charge in [0.25, 0.3) is 0 Å². The van der Waals surface area contributed by atoms with E-state index in [4.69, 9.17) is 4.74 Å². The number of nitrogens with zero attached hydrogens (tertiary/aromatic N) is 2. The number of alkyl halides is 1. The number of halogens is 1. The summed E-state index contributed by atoms with van der Waals surface area (Å²) in [5.74, 6) is 0. The predicted molar refractivity (Wildman–Crippen MR) is 62.4 cm³/mol. The lowest BCUT2D eigenvalue weighted by Crippen LogP contribution is -2.60. The number of hydrogen-bond donors (Lipinski definition) is 0. The molecule has 0 saturated carbocycles. The van der Waals surface area contributed by atoms with E-state index in [1.54, 1.807) is 0 Å². The van der Waals surface area contributed by atoms with Gasteiger partial charge < -0.3 is 4.74 Å². The summed E-state index contributed by atoms with van der Waals surface area (Å²) in [6.07, 6.45) is -0.379. The second kappa shape index (κ2) is 4.98. The zero-order valence-corrected chi connectivity index (χ0v) is 10.5. The highest BCUT2D eigenvalue weighted by Crippen LogP contribution is 2.21. The average Bonchev–Trinajstić information content (AvgIpc) is 2.24. The molecule has 16 heavy (non-hydrogen) atoms. The van der Waals surface area contributed by atoms with Gasteiger partial charge in [0.05, 0.1) is 12.7 Å².